The minimum absolute atomic E-state index is 0.203. The van der Waals surface area contributed by atoms with Crippen LogP contribution in [-0.2, 0) is 9.53 Å². The number of piperidine rings is 1. The first kappa shape index (κ1) is 27.0. The maximum absolute atomic E-state index is 11.8. The number of nitrogens with one attached hydrogen (secondary N) is 2. The van der Waals surface area contributed by atoms with E-state index in [1.807, 2.05) is 32.2 Å². The zero-order valence-electron chi connectivity index (χ0n) is 22.9. The van der Waals surface area contributed by atoms with E-state index < -0.39 is 5.60 Å². The molecule has 39 heavy (non-hydrogen) atoms. The quantitative estimate of drug-likeness (QED) is 0.384. The molecule has 0 saturated carbocycles. The van der Waals surface area contributed by atoms with Crippen molar-refractivity contribution in [2.45, 2.75) is 50.3 Å². The molecule has 0 aromatic carbocycles. The zero-order chi connectivity index (χ0) is 27.6. The maximum Gasteiger partial charge on any atom is 0.257 e. The molecule has 0 atom stereocenters. The Bertz CT molecular complexity index is 1360. The molecule has 11 heteroatoms. The number of methoxy groups -OCH3 is 1. The molecule has 0 radical (unpaired) electrons. The van der Waals surface area contributed by atoms with Crippen LogP contribution >= 0.6 is 11.8 Å². The van der Waals surface area contributed by atoms with Crippen molar-refractivity contribution in [3.8, 4) is 22.9 Å². The van der Waals surface area contributed by atoms with Crippen molar-refractivity contribution in [1.82, 2.24) is 15.0 Å². The van der Waals surface area contributed by atoms with Gasteiger partial charge in [0.25, 0.3) is 5.88 Å². The van der Waals surface area contributed by atoms with Gasteiger partial charge in [0, 0.05) is 56.7 Å². The van der Waals surface area contributed by atoms with E-state index in [4.69, 9.17) is 24.2 Å². The van der Waals surface area contributed by atoms with Crippen LogP contribution < -0.4 is 25.0 Å². The first-order valence-corrected chi connectivity index (χ1v) is 14.2. The summed E-state index contributed by atoms with van der Waals surface area (Å²) in [5, 5.41) is 7.14. The van der Waals surface area contributed by atoms with Gasteiger partial charge in [-0.05, 0) is 51.1 Å². The second-order valence-corrected chi connectivity index (χ2v) is 11.1. The lowest BCUT2D eigenvalue weighted by atomic mass is 10.1. The predicted molar refractivity (Wildman–Crippen MR) is 154 cm³/mol. The van der Waals surface area contributed by atoms with Gasteiger partial charge in [-0.25, -0.2) is 15.0 Å². The van der Waals surface area contributed by atoms with Gasteiger partial charge in [-0.15, -0.1) is 11.8 Å². The van der Waals surface area contributed by atoms with Gasteiger partial charge in [-0.3, -0.25) is 4.79 Å². The Morgan fingerprint density at radius 2 is 1.95 bits per heavy atom. The van der Waals surface area contributed by atoms with Gasteiger partial charge in [-0.1, -0.05) is 0 Å². The Morgan fingerprint density at radius 1 is 1.15 bits per heavy atom. The van der Waals surface area contributed by atoms with Crippen molar-refractivity contribution in [3.63, 3.8) is 0 Å². The Balaban J connectivity index is 1.49. The smallest absolute Gasteiger partial charge is 0.257 e. The number of carbonyl (C=O) groups excluding carboxylic acids is 1. The summed E-state index contributed by atoms with van der Waals surface area (Å²) >= 11 is 1.59. The van der Waals surface area contributed by atoms with Crippen molar-refractivity contribution < 1.29 is 19.0 Å². The summed E-state index contributed by atoms with van der Waals surface area (Å²) in [7, 11) is 1.78. The number of ether oxygens (including phenoxy) is 3. The fourth-order valence-electron chi connectivity index (χ4n) is 4.67. The van der Waals surface area contributed by atoms with Crippen molar-refractivity contribution in [2.75, 3.05) is 48.6 Å². The topological polar surface area (TPSA) is 111 Å². The van der Waals surface area contributed by atoms with Gasteiger partial charge in [0.2, 0.25) is 5.91 Å². The van der Waals surface area contributed by atoms with Crippen LogP contribution in [0.5, 0.6) is 11.6 Å². The summed E-state index contributed by atoms with van der Waals surface area (Å²) < 4.78 is 17.5. The average molecular weight is 551 g/mol. The number of hydrogen-bond donors (Lipinski definition) is 2. The number of nitrogens with zero attached hydrogens (tertiary/aromatic N) is 4. The van der Waals surface area contributed by atoms with Crippen LogP contribution in [0.3, 0.4) is 0 Å². The highest BCUT2D eigenvalue weighted by molar-refractivity contribution is 7.98. The van der Waals surface area contributed by atoms with Gasteiger partial charge < -0.3 is 29.7 Å². The third-order valence-electron chi connectivity index (χ3n) is 6.65. The lowest BCUT2D eigenvalue weighted by molar-refractivity contribution is -0.114. The third-order valence-corrected chi connectivity index (χ3v) is 7.28. The molecule has 5 rings (SSSR count). The second-order valence-electron chi connectivity index (χ2n) is 10.2. The number of rotatable bonds is 7. The van der Waals surface area contributed by atoms with E-state index in [0.29, 0.717) is 47.4 Å². The SMILES string of the molecule is COC1CCN(c2cc(Nc3cc(NC(C)=O)ncc3-c3ccc4c(n3)OCC(C)(C)O4)nc(SC)c2)CC1. The highest BCUT2D eigenvalue weighted by atomic mass is 32.2. The van der Waals surface area contributed by atoms with E-state index in [-0.39, 0.29) is 5.91 Å². The molecule has 0 bridgehead atoms. The fourth-order valence-corrected chi connectivity index (χ4v) is 5.10. The molecule has 2 aliphatic heterocycles. The normalized spacial score (nSPS) is 16.6. The van der Waals surface area contributed by atoms with Crippen molar-refractivity contribution >= 4 is 40.7 Å². The summed E-state index contributed by atoms with van der Waals surface area (Å²) in [6.45, 7) is 7.63. The molecule has 2 N–H and O–H groups in total. The molecule has 1 saturated heterocycles. The molecule has 3 aromatic rings. The Morgan fingerprint density at radius 3 is 2.67 bits per heavy atom. The van der Waals surface area contributed by atoms with Crippen LogP contribution in [0.2, 0.25) is 0 Å². The van der Waals surface area contributed by atoms with E-state index in [0.717, 1.165) is 42.2 Å². The van der Waals surface area contributed by atoms with Crippen LogP contribution in [-0.4, -0.2) is 65.6 Å². The second kappa shape index (κ2) is 11.3. The number of anilines is 4. The highest BCUT2D eigenvalue weighted by Crippen LogP contribution is 2.38. The number of amides is 1. The number of carbonyl (C=O) groups is 1. The predicted octanol–water partition coefficient (Wildman–Crippen LogP) is 5.13. The Hall–Kier alpha value is -3.57. The first-order valence-electron chi connectivity index (χ1n) is 12.9. The monoisotopic (exact) mass is 550 g/mol. The fraction of sp³-hybridized carbons (Fsp3) is 0.429. The van der Waals surface area contributed by atoms with Crippen LogP contribution in [0.15, 0.2) is 41.6 Å². The molecule has 1 amide bonds. The van der Waals surface area contributed by atoms with Gasteiger partial charge in [0.05, 0.1) is 17.5 Å². The summed E-state index contributed by atoms with van der Waals surface area (Å²) in [4.78, 5) is 28.1. The molecule has 206 valence electrons. The van der Waals surface area contributed by atoms with E-state index in [1.54, 1.807) is 31.1 Å². The van der Waals surface area contributed by atoms with Gasteiger partial charge in [0.1, 0.15) is 28.9 Å². The molecular weight excluding hydrogens is 516 g/mol. The Kier molecular flexibility index (Phi) is 7.81. The minimum Gasteiger partial charge on any atom is -0.479 e. The molecule has 2 aliphatic rings. The van der Waals surface area contributed by atoms with E-state index in [1.165, 1.54) is 6.92 Å². The van der Waals surface area contributed by atoms with E-state index in [9.17, 15) is 4.79 Å². The maximum atomic E-state index is 11.8. The molecule has 10 nitrogen and oxygen atoms in total. The average Bonchev–Trinajstić information content (AvgIpc) is 2.92. The number of pyridine rings is 3. The highest BCUT2D eigenvalue weighted by Gasteiger charge is 2.29. The molecular formula is C28H34N6O4S. The number of aromatic nitrogens is 3. The van der Waals surface area contributed by atoms with E-state index >= 15 is 0 Å². The number of fused-ring (bicyclic) bond motifs is 1. The molecule has 1 fully saturated rings. The van der Waals surface area contributed by atoms with Crippen LogP contribution in [0, 0.1) is 0 Å². The van der Waals surface area contributed by atoms with Crippen LogP contribution in [0.1, 0.15) is 33.6 Å². The first-order chi connectivity index (χ1) is 18.7. The number of thioether (sulfide) groups is 1. The van der Waals surface area contributed by atoms with Crippen LogP contribution in [0.4, 0.5) is 23.0 Å². The van der Waals surface area contributed by atoms with Gasteiger partial charge >= 0.3 is 0 Å². The number of hydrogen-bond acceptors (Lipinski definition) is 10. The van der Waals surface area contributed by atoms with Gasteiger partial charge in [-0.2, -0.15) is 0 Å². The van der Waals surface area contributed by atoms with Crippen molar-refractivity contribution in [3.05, 3.63) is 36.5 Å². The van der Waals surface area contributed by atoms with Crippen LogP contribution in [0.25, 0.3) is 11.3 Å². The zero-order valence-corrected chi connectivity index (χ0v) is 23.7. The molecule has 3 aromatic heterocycles. The molecule has 0 spiro atoms. The largest absolute Gasteiger partial charge is 0.479 e. The summed E-state index contributed by atoms with van der Waals surface area (Å²) in [5.41, 5.74) is 2.77. The summed E-state index contributed by atoms with van der Waals surface area (Å²) in [6.07, 6.45) is 5.97. The van der Waals surface area contributed by atoms with E-state index in [2.05, 4.69) is 32.7 Å². The third kappa shape index (κ3) is 6.36. The summed E-state index contributed by atoms with van der Waals surface area (Å²) in [5.74, 6) is 1.95. The Labute approximate surface area is 232 Å². The molecule has 0 aliphatic carbocycles. The standard InChI is InChI=1S/C28H34N6O4S/c1-17(35)30-24-14-22(20(15-29-24)21-6-7-23-27(32-21)37-16-28(2,3)38-23)31-25-12-18(13-26(33-25)39-5)34-10-8-19(36-4)9-11-34/h6-7,12-15,19H,8-11,16H2,1-5H3,(H2,29,30,31,33,35). The lowest BCUT2D eigenvalue weighted by Crippen LogP contribution is -2.39. The van der Waals surface area contributed by atoms with Crippen molar-refractivity contribution in [1.29, 1.82) is 0 Å². The molecule has 0 unspecified atom stereocenters. The van der Waals surface area contributed by atoms with Crippen molar-refractivity contribution in [2.24, 2.45) is 0 Å². The van der Waals surface area contributed by atoms with Gasteiger partial charge in [0.15, 0.2) is 5.75 Å². The minimum atomic E-state index is -0.422. The molecule has 5 heterocycles. The summed E-state index contributed by atoms with van der Waals surface area (Å²) in [6, 6.07) is 9.69. The lowest BCUT2D eigenvalue weighted by Gasteiger charge is -2.33.